The zero-order chi connectivity index (χ0) is 31.2. The monoisotopic (exact) mass is 485 g/mol. The fourth-order valence-electron chi connectivity index (χ4n) is 3.82. The zero-order valence-electron chi connectivity index (χ0n) is 26.8. The number of methoxy groups -OCH3 is 1. The van der Waals surface area contributed by atoms with Gasteiger partial charge in [-0.25, -0.2) is 0 Å². The van der Waals surface area contributed by atoms with Gasteiger partial charge in [-0.05, 0) is 68.4 Å². The maximum absolute atomic E-state index is 13.1. The molecule has 4 atom stereocenters. The number of rotatable bonds is 14. The van der Waals surface area contributed by atoms with Gasteiger partial charge in [0.25, 0.3) is 0 Å². The van der Waals surface area contributed by atoms with E-state index in [4.69, 9.17) is 24.4 Å². The van der Waals surface area contributed by atoms with E-state index < -0.39 is 55.5 Å². The number of aliphatic hydroxyl groups is 1. The van der Waals surface area contributed by atoms with E-state index in [-0.39, 0.29) is 29.9 Å². The number of phenolic OH excluding ortho intramolecular Hbond substituents is 1. The third-order valence-electron chi connectivity index (χ3n) is 6.34. The summed E-state index contributed by atoms with van der Waals surface area (Å²) in [7, 11) is 1.46. The van der Waals surface area contributed by atoms with E-state index >= 15 is 0 Å². The quantitative estimate of drug-likeness (QED) is 0.273. The molecule has 1 aromatic rings. The molecule has 0 fully saturated rings. The lowest BCUT2D eigenvalue weighted by Crippen LogP contribution is -2.46. The van der Waals surface area contributed by atoms with Crippen LogP contribution in [0, 0.1) is 29.1 Å². The first kappa shape index (κ1) is 21.0. The van der Waals surface area contributed by atoms with Gasteiger partial charge in [0.05, 0.1) is 18.6 Å². The molecule has 0 heterocycles. The van der Waals surface area contributed by atoms with Crippen LogP contribution >= 0.6 is 0 Å². The Morgan fingerprint density at radius 1 is 1.18 bits per heavy atom. The molecule has 2 amide bonds. The zero-order valence-corrected chi connectivity index (χ0v) is 20.8. The highest BCUT2D eigenvalue weighted by molar-refractivity contribution is 5.83. The molecule has 0 aromatic heterocycles. The highest BCUT2D eigenvalue weighted by Crippen LogP contribution is 2.30. The van der Waals surface area contributed by atoms with E-state index in [1.807, 2.05) is 19.9 Å². The summed E-state index contributed by atoms with van der Waals surface area (Å²) in [6, 6.07) is 4.44. The largest absolute Gasteiger partial charge is 0.504 e. The summed E-state index contributed by atoms with van der Waals surface area (Å²) < 4.78 is 51.2. The van der Waals surface area contributed by atoms with E-state index in [2.05, 4.69) is 5.32 Å². The molecule has 7 N–H and O–H groups in total. The lowest BCUT2D eigenvalue weighted by molar-refractivity contribution is -0.130. The van der Waals surface area contributed by atoms with Crippen molar-refractivity contribution in [2.75, 3.05) is 13.7 Å². The van der Waals surface area contributed by atoms with Gasteiger partial charge in [0.2, 0.25) is 11.8 Å². The van der Waals surface area contributed by atoms with Crippen LogP contribution in [0.4, 0.5) is 0 Å². The van der Waals surface area contributed by atoms with E-state index in [9.17, 15) is 19.8 Å². The van der Waals surface area contributed by atoms with E-state index in [1.165, 1.54) is 7.11 Å². The van der Waals surface area contributed by atoms with Crippen molar-refractivity contribution >= 4 is 11.8 Å². The number of hydrogen-bond donors (Lipinski definition) is 5. The number of hydrogen-bond acceptors (Lipinski definition) is 6. The third kappa shape index (κ3) is 8.80. The van der Waals surface area contributed by atoms with Gasteiger partial charge in [0.15, 0.2) is 11.5 Å². The summed E-state index contributed by atoms with van der Waals surface area (Å²) in [4.78, 5) is 25.2. The minimum Gasteiger partial charge on any atom is -0.504 e. The summed E-state index contributed by atoms with van der Waals surface area (Å²) in [5.74, 6) is -2.85. The third-order valence-corrected chi connectivity index (χ3v) is 6.34. The molecule has 0 bridgehead atoms. The van der Waals surface area contributed by atoms with E-state index in [0.29, 0.717) is 18.6 Å². The molecule has 8 nitrogen and oxygen atoms in total. The van der Waals surface area contributed by atoms with Crippen LogP contribution in [0.3, 0.4) is 0 Å². The average Bonchev–Trinajstić information content (AvgIpc) is 2.79. The summed E-state index contributed by atoms with van der Waals surface area (Å²) in [5, 5.41) is 23.4. The molecule has 194 valence electrons. The number of carbonyl (C=O) groups excluding carboxylic acids is 2. The van der Waals surface area contributed by atoms with Gasteiger partial charge in [-0.2, -0.15) is 0 Å². The number of primary amides is 1. The van der Waals surface area contributed by atoms with Crippen molar-refractivity contribution in [2.24, 2.45) is 40.6 Å². The maximum atomic E-state index is 13.1. The Kier molecular flexibility index (Phi) is 8.00. The van der Waals surface area contributed by atoms with Crippen molar-refractivity contribution in [3.05, 3.63) is 23.8 Å². The second-order valence-electron chi connectivity index (χ2n) is 9.75. The Labute approximate surface area is 212 Å². The topological polar surface area (TPSA) is 148 Å². The number of aliphatic hydroxyl groups excluding tert-OH is 1. The maximum Gasteiger partial charge on any atom is 0.224 e. The van der Waals surface area contributed by atoms with E-state index in [0.717, 1.165) is 5.56 Å². The van der Waals surface area contributed by atoms with Crippen LogP contribution in [0.1, 0.15) is 68.0 Å². The first-order valence-electron chi connectivity index (χ1n) is 14.6. The van der Waals surface area contributed by atoms with Crippen LogP contribution < -0.4 is 21.5 Å². The lowest BCUT2D eigenvalue weighted by Gasteiger charge is -2.30. The predicted octanol–water partition coefficient (Wildman–Crippen LogP) is 2.58. The normalized spacial score (nSPS) is 19.0. The first-order chi connectivity index (χ1) is 18.2. The number of nitrogens with two attached hydrogens (primary N) is 2. The summed E-state index contributed by atoms with van der Waals surface area (Å²) in [5.41, 5.74) is 9.51. The Bertz CT molecular complexity index is 986. The van der Waals surface area contributed by atoms with Gasteiger partial charge < -0.3 is 31.7 Å². The van der Waals surface area contributed by atoms with E-state index in [1.54, 1.807) is 26.0 Å². The van der Waals surface area contributed by atoms with Gasteiger partial charge in [-0.3, -0.25) is 9.59 Å². The fraction of sp³-hybridized carbons (Fsp3) is 0.692. The fourth-order valence-corrected chi connectivity index (χ4v) is 3.82. The second kappa shape index (κ2) is 13.0. The Morgan fingerprint density at radius 3 is 2.29 bits per heavy atom. The molecule has 0 saturated heterocycles. The molecular weight excluding hydrogens is 434 g/mol. The van der Waals surface area contributed by atoms with Crippen molar-refractivity contribution in [1.29, 1.82) is 0 Å². The molecule has 8 heteroatoms. The molecule has 0 saturated carbocycles. The van der Waals surface area contributed by atoms with Gasteiger partial charge in [-0.15, -0.1) is 0 Å². The van der Waals surface area contributed by atoms with Crippen LogP contribution in [0.15, 0.2) is 18.2 Å². The summed E-state index contributed by atoms with van der Waals surface area (Å²) in [6.45, 7) is -0.118. The smallest absolute Gasteiger partial charge is 0.224 e. The van der Waals surface area contributed by atoms with Crippen LogP contribution in [-0.4, -0.2) is 47.8 Å². The van der Waals surface area contributed by atoms with Gasteiger partial charge in [0, 0.05) is 26.7 Å². The second-order valence-corrected chi connectivity index (χ2v) is 9.75. The molecule has 0 aliphatic heterocycles. The predicted molar refractivity (Wildman–Crippen MR) is 134 cm³/mol. The highest BCUT2D eigenvalue weighted by atomic mass is 16.5. The SMILES string of the molecule is [2H]C([2H])([2H])C(CNC(=O)[C@@H](C[C@H](O)[C@@H](N)C[C@H](Cc1ccc(OC)c(O)c1)C(C)C)C(C)C)(C(N)=O)C([2H])([2H])[2H]. The Hall–Kier alpha value is -2.32. The molecule has 1 rings (SSSR count). The number of nitrogens with one attached hydrogen (secondary N) is 1. The van der Waals surface area contributed by atoms with Crippen LogP contribution in [0.5, 0.6) is 11.5 Å². The highest BCUT2D eigenvalue weighted by Gasteiger charge is 2.32. The van der Waals surface area contributed by atoms with Crippen molar-refractivity contribution in [2.45, 2.75) is 72.8 Å². The average molecular weight is 486 g/mol. The Morgan fingerprint density at radius 2 is 1.82 bits per heavy atom. The number of benzene rings is 1. The molecule has 0 unspecified atom stereocenters. The molecular formula is C26H45N3O5. The standard InChI is InChI=1S/C26H45N3O5/c1-15(2)18(10-17-8-9-23(34-7)22(31)11-17)12-20(27)21(30)13-19(16(3)4)24(32)29-14-26(5,6)25(28)33/h8-9,11,15-16,18-21,30-31H,10,12-14,27H2,1-7H3,(H2,28,33)(H,29,32)/t18-,19-,20-,21-/m0/s1/i5D3,6D3. The first-order valence-corrected chi connectivity index (χ1v) is 11.6. The Balaban J connectivity index is 3.01. The molecule has 0 aliphatic rings. The van der Waals surface area contributed by atoms with Crippen LogP contribution in [-0.2, 0) is 16.0 Å². The summed E-state index contributed by atoms with van der Waals surface area (Å²) in [6.07, 6.45) is -0.164. The minimum atomic E-state index is -3.31. The van der Waals surface area contributed by atoms with Crippen LogP contribution in [0.2, 0.25) is 0 Å². The number of carbonyl (C=O) groups is 2. The van der Waals surface area contributed by atoms with Crippen molar-refractivity contribution in [3.8, 4) is 11.5 Å². The van der Waals surface area contributed by atoms with Crippen molar-refractivity contribution in [3.63, 3.8) is 0 Å². The minimum absolute atomic E-state index is 0.0231. The molecule has 0 spiro atoms. The summed E-state index contributed by atoms with van der Waals surface area (Å²) >= 11 is 0. The lowest BCUT2D eigenvalue weighted by atomic mass is 9.80. The molecule has 34 heavy (non-hydrogen) atoms. The number of ether oxygens (including phenoxy) is 1. The number of amides is 2. The molecule has 1 aromatic carbocycles. The number of aromatic hydroxyl groups is 1. The van der Waals surface area contributed by atoms with Crippen molar-refractivity contribution in [1.82, 2.24) is 5.32 Å². The van der Waals surface area contributed by atoms with Crippen molar-refractivity contribution < 1.29 is 32.8 Å². The van der Waals surface area contributed by atoms with Crippen LogP contribution in [0.25, 0.3) is 0 Å². The molecule has 0 radical (unpaired) electrons. The number of phenols is 1. The molecule has 0 aliphatic carbocycles. The van der Waals surface area contributed by atoms with Gasteiger partial charge in [-0.1, -0.05) is 33.8 Å². The van der Waals surface area contributed by atoms with Gasteiger partial charge >= 0.3 is 0 Å². The van der Waals surface area contributed by atoms with Gasteiger partial charge in [0.1, 0.15) is 0 Å².